The monoisotopic (exact) mass is 599 g/mol. The average Bonchev–Trinajstić information content (AvgIpc) is 3.62. The van der Waals surface area contributed by atoms with Gasteiger partial charge in [0, 0.05) is 20.9 Å². The van der Waals surface area contributed by atoms with Crippen LogP contribution in [0.5, 0.6) is 0 Å². The largest absolute Gasteiger partial charge is 0.292 e. The maximum atomic E-state index is 9.97. The molecular weight excluding hydrogens is 579 g/mol. The molecule has 3 aromatic carbocycles. The highest BCUT2D eigenvalue weighted by molar-refractivity contribution is 7.20. The molecule has 206 valence electrons. The molecular formula is C37H21N5S2. The molecule has 0 saturated heterocycles. The first-order chi connectivity index (χ1) is 21.5. The molecule has 3 heterocycles. The van der Waals surface area contributed by atoms with Crippen LogP contribution in [-0.4, -0.2) is 0 Å². The molecule has 0 amide bonds. The maximum absolute atomic E-state index is 9.97. The van der Waals surface area contributed by atoms with Crippen molar-refractivity contribution in [2.24, 2.45) is 0 Å². The zero-order chi connectivity index (χ0) is 30.6. The molecule has 0 atom stereocenters. The summed E-state index contributed by atoms with van der Waals surface area (Å²) < 4.78 is 0. The smallest absolute Gasteiger partial charge is 0.109 e. The average molecular weight is 600 g/mol. The molecule has 0 bridgehead atoms. The van der Waals surface area contributed by atoms with Crippen LogP contribution >= 0.6 is 22.7 Å². The van der Waals surface area contributed by atoms with E-state index in [0.717, 1.165) is 53.3 Å². The van der Waals surface area contributed by atoms with Gasteiger partial charge < -0.3 is 0 Å². The molecule has 5 aromatic rings. The van der Waals surface area contributed by atoms with Gasteiger partial charge in [-0.05, 0) is 78.2 Å². The van der Waals surface area contributed by atoms with E-state index in [2.05, 4.69) is 72.5 Å². The zero-order valence-electron chi connectivity index (χ0n) is 23.4. The second kappa shape index (κ2) is 12.1. The molecule has 0 radical (unpaired) electrons. The number of para-hydroxylation sites is 1. The number of nitrogens with zero attached hydrogens (tertiary/aromatic N) is 5. The van der Waals surface area contributed by atoms with E-state index in [1.165, 1.54) is 0 Å². The SMILES string of the molecule is Cc1ccccc1N1c2sc(/C=C(\C#N)c3ccc(C#N)cc3)cc2C=Cc2cc(/C=C(\C#N)c3ccc(C#N)cc3)sc21. The summed E-state index contributed by atoms with van der Waals surface area (Å²) in [6, 6.07) is 35.4. The number of fused-ring (bicyclic) bond motifs is 2. The summed E-state index contributed by atoms with van der Waals surface area (Å²) in [7, 11) is 0. The Kier molecular flexibility index (Phi) is 7.75. The zero-order valence-corrected chi connectivity index (χ0v) is 25.1. The Morgan fingerprint density at radius 3 is 1.50 bits per heavy atom. The second-order valence-corrected chi connectivity index (χ2v) is 12.1. The summed E-state index contributed by atoms with van der Waals surface area (Å²) in [5.41, 5.74) is 7.90. The minimum absolute atomic E-state index is 0.522. The summed E-state index contributed by atoms with van der Waals surface area (Å²) in [4.78, 5) is 4.14. The van der Waals surface area contributed by atoms with E-state index in [4.69, 9.17) is 10.5 Å². The minimum Gasteiger partial charge on any atom is -0.292 e. The fourth-order valence-corrected chi connectivity index (χ4v) is 7.24. The lowest BCUT2D eigenvalue weighted by molar-refractivity contribution is 1.30. The predicted octanol–water partition coefficient (Wildman–Crippen LogP) is 9.94. The minimum atomic E-state index is 0.522. The Balaban J connectivity index is 1.45. The van der Waals surface area contributed by atoms with Crippen LogP contribution in [0.4, 0.5) is 15.7 Å². The normalized spacial score (nSPS) is 12.2. The van der Waals surface area contributed by atoms with Gasteiger partial charge in [0.05, 0.1) is 52.2 Å². The van der Waals surface area contributed by atoms with Crippen LogP contribution in [0, 0.1) is 52.2 Å². The Morgan fingerprint density at radius 2 is 1.09 bits per heavy atom. The Morgan fingerprint density at radius 1 is 0.636 bits per heavy atom. The van der Waals surface area contributed by atoms with Crippen molar-refractivity contribution in [3.8, 4) is 24.3 Å². The van der Waals surface area contributed by atoms with E-state index in [1.54, 1.807) is 71.2 Å². The molecule has 0 N–H and O–H groups in total. The molecule has 1 aliphatic rings. The Bertz CT molecular complexity index is 2030. The van der Waals surface area contributed by atoms with E-state index < -0.39 is 0 Å². The molecule has 0 aliphatic carbocycles. The lowest BCUT2D eigenvalue weighted by Crippen LogP contribution is -2.09. The topological polar surface area (TPSA) is 98.4 Å². The highest BCUT2D eigenvalue weighted by Crippen LogP contribution is 2.50. The molecule has 5 nitrogen and oxygen atoms in total. The number of nitriles is 4. The van der Waals surface area contributed by atoms with E-state index in [0.29, 0.717) is 22.3 Å². The third-order valence-corrected chi connectivity index (χ3v) is 9.35. The van der Waals surface area contributed by atoms with Crippen molar-refractivity contribution in [2.45, 2.75) is 6.92 Å². The first-order valence-electron chi connectivity index (χ1n) is 13.6. The summed E-state index contributed by atoms with van der Waals surface area (Å²) >= 11 is 3.21. The van der Waals surface area contributed by atoms with Gasteiger partial charge in [0.25, 0.3) is 0 Å². The molecule has 1 aliphatic heterocycles. The predicted molar refractivity (Wildman–Crippen MR) is 180 cm³/mol. The van der Waals surface area contributed by atoms with Crippen LogP contribution < -0.4 is 4.90 Å². The van der Waals surface area contributed by atoms with Crippen LogP contribution in [0.25, 0.3) is 35.5 Å². The van der Waals surface area contributed by atoms with Gasteiger partial charge in [-0.25, -0.2) is 0 Å². The number of hydrogen-bond donors (Lipinski definition) is 0. The van der Waals surface area contributed by atoms with Crippen LogP contribution in [0.2, 0.25) is 0 Å². The van der Waals surface area contributed by atoms with Crippen molar-refractivity contribution in [3.05, 3.63) is 134 Å². The quantitative estimate of drug-likeness (QED) is 0.184. The highest BCUT2D eigenvalue weighted by atomic mass is 32.1. The van der Waals surface area contributed by atoms with Crippen molar-refractivity contribution in [2.75, 3.05) is 4.90 Å². The van der Waals surface area contributed by atoms with Crippen molar-refractivity contribution in [1.82, 2.24) is 0 Å². The number of rotatable bonds is 5. The lowest BCUT2D eigenvalue weighted by Gasteiger charge is -2.24. The van der Waals surface area contributed by atoms with Crippen molar-refractivity contribution in [3.63, 3.8) is 0 Å². The van der Waals surface area contributed by atoms with Crippen molar-refractivity contribution in [1.29, 1.82) is 21.0 Å². The standard InChI is InChI=1S/C37H21N5S2/c1-24-4-2-3-5-35(24)42-36-29(16-33(43-36)18-31(22-40)27-10-6-25(20-38)7-11-27)14-15-30-17-34(44-37(30)42)19-32(23-41)28-12-8-26(21-39)9-13-28/h2-19H,1H3/b31-18+,32-19+. The summed E-state index contributed by atoms with van der Waals surface area (Å²) in [6.07, 6.45) is 7.98. The molecule has 0 saturated carbocycles. The van der Waals surface area contributed by atoms with Crippen molar-refractivity contribution >= 4 is 73.8 Å². The first kappa shape index (κ1) is 28.2. The van der Waals surface area contributed by atoms with Crippen molar-refractivity contribution < 1.29 is 0 Å². The number of aryl methyl sites for hydroxylation is 1. The van der Waals surface area contributed by atoms with E-state index in [-0.39, 0.29) is 0 Å². The fraction of sp³-hybridized carbons (Fsp3) is 0.0270. The first-order valence-corrected chi connectivity index (χ1v) is 15.2. The summed E-state index contributed by atoms with van der Waals surface area (Å²) in [5.74, 6) is 0. The van der Waals surface area contributed by atoms with E-state index in [1.807, 2.05) is 24.3 Å². The van der Waals surface area contributed by atoms with Gasteiger partial charge in [0.1, 0.15) is 10.0 Å². The lowest BCUT2D eigenvalue weighted by atomic mass is 10.0. The highest BCUT2D eigenvalue weighted by Gasteiger charge is 2.26. The van der Waals surface area contributed by atoms with E-state index >= 15 is 0 Å². The molecule has 0 fully saturated rings. The fourth-order valence-electron chi connectivity index (χ4n) is 4.96. The van der Waals surface area contributed by atoms with Crippen LogP contribution in [0.1, 0.15) is 48.7 Å². The molecule has 6 rings (SSSR count). The molecule has 7 heteroatoms. The van der Waals surface area contributed by atoms with Gasteiger partial charge >= 0.3 is 0 Å². The molecule has 44 heavy (non-hydrogen) atoms. The van der Waals surface area contributed by atoms with Gasteiger partial charge in [0.15, 0.2) is 0 Å². The Hall–Kier alpha value is -5.96. The molecule has 2 aromatic heterocycles. The van der Waals surface area contributed by atoms with Crippen LogP contribution in [0.15, 0.2) is 84.9 Å². The molecule has 0 spiro atoms. The van der Waals surface area contributed by atoms with Gasteiger partial charge in [-0.1, -0.05) is 54.6 Å². The number of hydrogen-bond acceptors (Lipinski definition) is 7. The van der Waals surface area contributed by atoms with Gasteiger partial charge in [-0.15, -0.1) is 22.7 Å². The van der Waals surface area contributed by atoms with Crippen LogP contribution in [0.3, 0.4) is 0 Å². The number of benzene rings is 3. The number of anilines is 3. The van der Waals surface area contributed by atoms with Gasteiger partial charge in [-0.2, -0.15) is 21.0 Å². The van der Waals surface area contributed by atoms with Gasteiger partial charge in [-0.3, -0.25) is 4.90 Å². The number of allylic oxidation sites excluding steroid dienone is 2. The number of thiophene rings is 2. The maximum Gasteiger partial charge on any atom is 0.109 e. The third-order valence-electron chi connectivity index (χ3n) is 7.19. The van der Waals surface area contributed by atoms with Gasteiger partial charge in [0.2, 0.25) is 0 Å². The Labute approximate surface area is 263 Å². The third kappa shape index (κ3) is 5.46. The second-order valence-electron chi connectivity index (χ2n) is 9.99. The van der Waals surface area contributed by atoms with E-state index in [9.17, 15) is 10.5 Å². The summed E-state index contributed by atoms with van der Waals surface area (Å²) in [6.45, 7) is 2.09. The molecule has 0 unspecified atom stereocenters. The van der Waals surface area contributed by atoms with Crippen LogP contribution in [-0.2, 0) is 0 Å². The summed E-state index contributed by atoms with van der Waals surface area (Å²) in [5, 5.41) is 40.3.